The van der Waals surface area contributed by atoms with Crippen LogP contribution in [0.2, 0.25) is 0 Å². The van der Waals surface area contributed by atoms with E-state index in [1.807, 2.05) is 19.0 Å². The van der Waals surface area contributed by atoms with Crippen LogP contribution in [0, 0.1) is 17.5 Å². The average molecular weight is 276 g/mol. The maximum atomic E-state index is 13.0. The topological polar surface area (TPSA) is 35.5 Å². The van der Waals surface area contributed by atoms with Crippen molar-refractivity contribution in [1.29, 1.82) is 0 Å². The summed E-state index contributed by atoms with van der Waals surface area (Å²) in [5, 5.41) is 12.9. The molecule has 0 aliphatic rings. The number of halogens is 3. The zero-order valence-electron chi connectivity index (χ0n) is 11.3. The normalized spacial score (nSPS) is 14.7. The third-order valence-corrected chi connectivity index (χ3v) is 2.54. The van der Waals surface area contributed by atoms with E-state index in [1.54, 1.807) is 6.92 Å². The SMILES string of the molecule is CN(C)CC(C)(O)CNCc1cc(F)c(F)c(F)c1. The number of nitrogens with zero attached hydrogens (tertiary/aromatic N) is 1. The van der Waals surface area contributed by atoms with Crippen LogP contribution in [0.3, 0.4) is 0 Å². The van der Waals surface area contributed by atoms with E-state index in [0.29, 0.717) is 6.54 Å². The first-order valence-electron chi connectivity index (χ1n) is 5.92. The Morgan fingerprint density at radius 2 is 1.74 bits per heavy atom. The van der Waals surface area contributed by atoms with Crippen molar-refractivity contribution >= 4 is 0 Å². The summed E-state index contributed by atoms with van der Waals surface area (Å²) in [6.45, 7) is 2.52. The van der Waals surface area contributed by atoms with Crippen LogP contribution in [0.5, 0.6) is 0 Å². The highest BCUT2D eigenvalue weighted by Crippen LogP contribution is 2.13. The molecule has 1 atom stereocenters. The molecular formula is C13H19F3N2O. The first kappa shape index (κ1) is 15.9. The predicted molar refractivity (Wildman–Crippen MR) is 67.2 cm³/mol. The third-order valence-electron chi connectivity index (χ3n) is 2.54. The molecule has 1 aromatic rings. The lowest BCUT2D eigenvalue weighted by Gasteiger charge is -2.27. The number of likely N-dealkylation sites (N-methyl/N-ethyl adjacent to an activating group) is 1. The second-order valence-electron chi connectivity index (χ2n) is 5.21. The molecule has 0 amide bonds. The lowest BCUT2D eigenvalue weighted by molar-refractivity contribution is 0.0336. The Morgan fingerprint density at radius 1 is 1.21 bits per heavy atom. The fourth-order valence-corrected chi connectivity index (χ4v) is 1.92. The fourth-order valence-electron chi connectivity index (χ4n) is 1.92. The van der Waals surface area contributed by atoms with Crippen molar-refractivity contribution in [3.63, 3.8) is 0 Å². The lowest BCUT2D eigenvalue weighted by Crippen LogP contribution is -2.45. The summed E-state index contributed by atoms with van der Waals surface area (Å²) in [6.07, 6.45) is 0. The van der Waals surface area contributed by atoms with Gasteiger partial charge < -0.3 is 15.3 Å². The molecule has 3 nitrogen and oxygen atoms in total. The number of hydrogen-bond acceptors (Lipinski definition) is 3. The molecule has 0 radical (unpaired) electrons. The summed E-state index contributed by atoms with van der Waals surface area (Å²) in [7, 11) is 3.67. The molecule has 19 heavy (non-hydrogen) atoms. The van der Waals surface area contributed by atoms with Crippen molar-refractivity contribution in [2.45, 2.75) is 19.1 Å². The Balaban J connectivity index is 2.54. The highest BCUT2D eigenvalue weighted by Gasteiger charge is 2.20. The highest BCUT2D eigenvalue weighted by molar-refractivity contribution is 5.19. The van der Waals surface area contributed by atoms with E-state index in [0.717, 1.165) is 12.1 Å². The first-order valence-corrected chi connectivity index (χ1v) is 5.92. The van der Waals surface area contributed by atoms with E-state index in [9.17, 15) is 18.3 Å². The van der Waals surface area contributed by atoms with Gasteiger partial charge in [-0.05, 0) is 38.7 Å². The molecule has 1 unspecified atom stereocenters. The Bertz CT molecular complexity index is 413. The highest BCUT2D eigenvalue weighted by atomic mass is 19.2. The van der Waals surface area contributed by atoms with Gasteiger partial charge in [0.05, 0.1) is 5.60 Å². The van der Waals surface area contributed by atoms with Gasteiger partial charge in [0.1, 0.15) is 0 Å². The fraction of sp³-hybridized carbons (Fsp3) is 0.538. The summed E-state index contributed by atoms with van der Waals surface area (Å²) in [5.41, 5.74) is -0.669. The van der Waals surface area contributed by atoms with Gasteiger partial charge in [-0.3, -0.25) is 0 Å². The first-order chi connectivity index (χ1) is 8.71. The Labute approximate surface area is 111 Å². The van der Waals surface area contributed by atoms with E-state index in [-0.39, 0.29) is 18.7 Å². The molecule has 1 rings (SSSR count). The molecule has 6 heteroatoms. The Hall–Kier alpha value is -1.11. The van der Waals surface area contributed by atoms with Crippen molar-refractivity contribution in [2.75, 3.05) is 27.2 Å². The van der Waals surface area contributed by atoms with Crippen LogP contribution in [-0.4, -0.2) is 42.8 Å². The number of hydrogen-bond donors (Lipinski definition) is 2. The Morgan fingerprint density at radius 3 is 2.21 bits per heavy atom. The number of aliphatic hydroxyl groups is 1. The van der Waals surface area contributed by atoms with Crippen LogP contribution < -0.4 is 5.32 Å². The standard InChI is InChI=1S/C13H19F3N2O/c1-13(19,8-18(2)3)7-17-6-9-4-10(14)12(16)11(15)5-9/h4-5,17,19H,6-8H2,1-3H3. The molecule has 0 aliphatic heterocycles. The van der Waals surface area contributed by atoms with Crippen LogP contribution in [-0.2, 0) is 6.54 Å². The maximum absolute atomic E-state index is 13.0. The van der Waals surface area contributed by atoms with Crippen LogP contribution in [0.25, 0.3) is 0 Å². The van der Waals surface area contributed by atoms with Gasteiger partial charge in [0.25, 0.3) is 0 Å². The molecule has 0 bridgehead atoms. The molecule has 0 aliphatic carbocycles. The molecule has 1 aromatic carbocycles. The van der Waals surface area contributed by atoms with E-state index < -0.39 is 23.1 Å². The van der Waals surface area contributed by atoms with Gasteiger partial charge in [-0.1, -0.05) is 0 Å². The second kappa shape index (κ2) is 6.36. The van der Waals surface area contributed by atoms with Gasteiger partial charge in [-0.25, -0.2) is 13.2 Å². The van der Waals surface area contributed by atoms with Crippen LogP contribution >= 0.6 is 0 Å². The van der Waals surface area contributed by atoms with Gasteiger partial charge in [0.15, 0.2) is 17.5 Å². The third kappa shape index (κ3) is 5.18. The molecule has 0 spiro atoms. The molecule has 0 aromatic heterocycles. The van der Waals surface area contributed by atoms with E-state index in [2.05, 4.69) is 5.32 Å². The van der Waals surface area contributed by atoms with Gasteiger partial charge in [0.2, 0.25) is 0 Å². The van der Waals surface area contributed by atoms with Crippen molar-refractivity contribution in [1.82, 2.24) is 10.2 Å². The monoisotopic (exact) mass is 276 g/mol. The summed E-state index contributed by atoms with van der Waals surface area (Å²) in [4.78, 5) is 1.83. The minimum atomic E-state index is -1.47. The number of rotatable bonds is 6. The van der Waals surface area contributed by atoms with Crippen molar-refractivity contribution < 1.29 is 18.3 Å². The minimum absolute atomic E-state index is 0.150. The van der Waals surface area contributed by atoms with Crippen molar-refractivity contribution in [2.24, 2.45) is 0 Å². The van der Waals surface area contributed by atoms with E-state index >= 15 is 0 Å². The maximum Gasteiger partial charge on any atom is 0.194 e. The molecule has 108 valence electrons. The largest absolute Gasteiger partial charge is 0.388 e. The summed E-state index contributed by atoms with van der Waals surface area (Å²) < 4.78 is 38.7. The molecule has 0 saturated carbocycles. The number of benzene rings is 1. The quantitative estimate of drug-likeness (QED) is 0.773. The van der Waals surface area contributed by atoms with Gasteiger partial charge in [-0.2, -0.15) is 0 Å². The van der Waals surface area contributed by atoms with E-state index in [1.165, 1.54) is 0 Å². The molecular weight excluding hydrogens is 257 g/mol. The zero-order chi connectivity index (χ0) is 14.6. The number of nitrogens with one attached hydrogen (secondary N) is 1. The lowest BCUT2D eigenvalue weighted by atomic mass is 10.1. The smallest absolute Gasteiger partial charge is 0.194 e. The van der Waals surface area contributed by atoms with E-state index in [4.69, 9.17) is 0 Å². The molecule has 0 heterocycles. The van der Waals surface area contributed by atoms with Crippen LogP contribution in [0.4, 0.5) is 13.2 Å². The van der Waals surface area contributed by atoms with Gasteiger partial charge in [0, 0.05) is 19.6 Å². The van der Waals surface area contributed by atoms with Gasteiger partial charge in [-0.15, -0.1) is 0 Å². The molecule has 0 fully saturated rings. The summed E-state index contributed by atoms with van der Waals surface area (Å²) in [6, 6.07) is 1.87. The average Bonchev–Trinajstić information content (AvgIpc) is 2.23. The molecule has 0 saturated heterocycles. The zero-order valence-corrected chi connectivity index (χ0v) is 11.3. The molecule has 2 N–H and O–H groups in total. The minimum Gasteiger partial charge on any atom is -0.388 e. The predicted octanol–water partition coefficient (Wildman–Crippen LogP) is 1.51. The second-order valence-corrected chi connectivity index (χ2v) is 5.21. The van der Waals surface area contributed by atoms with Crippen molar-refractivity contribution in [3.05, 3.63) is 35.1 Å². The Kier molecular flexibility index (Phi) is 5.34. The summed E-state index contributed by atoms with van der Waals surface area (Å²) >= 11 is 0. The summed E-state index contributed by atoms with van der Waals surface area (Å²) in [5.74, 6) is -3.89. The van der Waals surface area contributed by atoms with Crippen LogP contribution in [0.1, 0.15) is 12.5 Å². The van der Waals surface area contributed by atoms with Crippen LogP contribution in [0.15, 0.2) is 12.1 Å². The van der Waals surface area contributed by atoms with Crippen molar-refractivity contribution in [3.8, 4) is 0 Å². The van der Waals surface area contributed by atoms with Gasteiger partial charge >= 0.3 is 0 Å².